The van der Waals surface area contributed by atoms with Crippen molar-refractivity contribution in [1.82, 2.24) is 0 Å². The molecular formula is C16H23FO2. The van der Waals surface area contributed by atoms with Crippen molar-refractivity contribution >= 4 is 0 Å². The van der Waals surface area contributed by atoms with E-state index in [0.717, 1.165) is 37.0 Å². The van der Waals surface area contributed by atoms with Crippen molar-refractivity contribution in [2.75, 3.05) is 6.61 Å². The van der Waals surface area contributed by atoms with Gasteiger partial charge in [-0.05, 0) is 63.1 Å². The van der Waals surface area contributed by atoms with Crippen LogP contribution in [0.4, 0.5) is 4.39 Å². The Morgan fingerprint density at radius 1 is 1.37 bits per heavy atom. The second-order valence-electron chi connectivity index (χ2n) is 5.56. The molecule has 2 rings (SSSR count). The van der Waals surface area contributed by atoms with Gasteiger partial charge in [0.15, 0.2) is 0 Å². The van der Waals surface area contributed by atoms with Gasteiger partial charge in [0.1, 0.15) is 5.82 Å². The molecule has 106 valence electrons. The molecule has 2 unspecified atom stereocenters. The minimum Gasteiger partial charge on any atom is -0.388 e. The standard InChI is InChI=1S/C16H23FO2/c1-11-9-12(2)16(14(17)10-11)15(18)7-6-13-5-3-4-8-19-13/h9-10,13,15,18H,3-8H2,1-2H3. The summed E-state index contributed by atoms with van der Waals surface area (Å²) in [7, 11) is 0. The molecule has 0 radical (unpaired) electrons. The Morgan fingerprint density at radius 2 is 2.16 bits per heavy atom. The molecule has 0 amide bonds. The molecule has 3 heteroatoms. The number of benzene rings is 1. The predicted molar refractivity (Wildman–Crippen MR) is 73.7 cm³/mol. The Balaban J connectivity index is 1.97. The van der Waals surface area contributed by atoms with Crippen molar-refractivity contribution < 1.29 is 14.2 Å². The highest BCUT2D eigenvalue weighted by Gasteiger charge is 2.19. The summed E-state index contributed by atoms with van der Waals surface area (Å²) in [6.07, 6.45) is 4.24. The molecule has 2 nitrogen and oxygen atoms in total. The quantitative estimate of drug-likeness (QED) is 0.897. The fourth-order valence-corrected chi connectivity index (χ4v) is 2.87. The lowest BCUT2D eigenvalue weighted by Crippen LogP contribution is -2.20. The summed E-state index contributed by atoms with van der Waals surface area (Å²) in [4.78, 5) is 0. The van der Waals surface area contributed by atoms with Gasteiger partial charge in [0.05, 0.1) is 12.2 Å². The van der Waals surface area contributed by atoms with Crippen molar-refractivity contribution in [3.63, 3.8) is 0 Å². The Hall–Kier alpha value is -0.930. The van der Waals surface area contributed by atoms with Crippen LogP contribution in [-0.4, -0.2) is 17.8 Å². The number of hydrogen-bond donors (Lipinski definition) is 1. The zero-order chi connectivity index (χ0) is 13.8. The largest absolute Gasteiger partial charge is 0.388 e. The lowest BCUT2D eigenvalue weighted by molar-refractivity contribution is 0.00185. The average molecular weight is 266 g/mol. The summed E-state index contributed by atoms with van der Waals surface area (Å²) < 4.78 is 19.6. The number of ether oxygens (including phenoxy) is 1. The van der Waals surface area contributed by atoms with Gasteiger partial charge in [-0.3, -0.25) is 0 Å². The van der Waals surface area contributed by atoms with E-state index in [1.807, 2.05) is 19.9 Å². The van der Waals surface area contributed by atoms with Crippen molar-refractivity contribution in [1.29, 1.82) is 0 Å². The highest BCUT2D eigenvalue weighted by atomic mass is 19.1. The second kappa shape index (κ2) is 6.49. The maximum atomic E-state index is 13.9. The number of halogens is 1. The average Bonchev–Trinajstić information content (AvgIpc) is 2.36. The molecule has 1 heterocycles. The Labute approximate surface area is 114 Å². The molecule has 1 saturated heterocycles. The lowest BCUT2D eigenvalue weighted by atomic mass is 9.95. The van der Waals surface area contributed by atoms with Gasteiger partial charge in [0.2, 0.25) is 0 Å². The fraction of sp³-hybridized carbons (Fsp3) is 0.625. The van der Waals surface area contributed by atoms with Crippen LogP contribution in [0, 0.1) is 19.7 Å². The van der Waals surface area contributed by atoms with Crippen LogP contribution in [0.3, 0.4) is 0 Å². The summed E-state index contributed by atoms with van der Waals surface area (Å²) in [6.45, 7) is 4.53. The van der Waals surface area contributed by atoms with Gasteiger partial charge in [-0.25, -0.2) is 4.39 Å². The van der Waals surface area contributed by atoms with E-state index in [4.69, 9.17) is 4.74 Å². The van der Waals surface area contributed by atoms with Crippen molar-refractivity contribution in [2.45, 2.75) is 58.2 Å². The van der Waals surface area contributed by atoms with Gasteiger partial charge in [0.25, 0.3) is 0 Å². The maximum absolute atomic E-state index is 13.9. The van der Waals surface area contributed by atoms with E-state index in [1.165, 1.54) is 12.5 Å². The molecule has 0 saturated carbocycles. The third-order valence-electron chi connectivity index (χ3n) is 3.85. The molecule has 0 bridgehead atoms. The van der Waals surface area contributed by atoms with Crippen molar-refractivity contribution in [3.05, 3.63) is 34.6 Å². The first-order valence-corrected chi connectivity index (χ1v) is 7.14. The van der Waals surface area contributed by atoms with Gasteiger partial charge < -0.3 is 9.84 Å². The monoisotopic (exact) mass is 266 g/mol. The van der Waals surface area contributed by atoms with Gasteiger partial charge in [-0.15, -0.1) is 0 Å². The first-order valence-electron chi connectivity index (χ1n) is 7.14. The zero-order valence-electron chi connectivity index (χ0n) is 11.8. The fourth-order valence-electron chi connectivity index (χ4n) is 2.87. The van der Waals surface area contributed by atoms with Crippen molar-refractivity contribution in [2.24, 2.45) is 0 Å². The maximum Gasteiger partial charge on any atom is 0.129 e. The molecule has 19 heavy (non-hydrogen) atoms. The van der Waals surface area contributed by atoms with Gasteiger partial charge in [0, 0.05) is 12.2 Å². The third-order valence-corrected chi connectivity index (χ3v) is 3.85. The van der Waals surface area contributed by atoms with Gasteiger partial charge in [-0.1, -0.05) is 6.07 Å². The Bertz CT molecular complexity index is 402. The smallest absolute Gasteiger partial charge is 0.129 e. The SMILES string of the molecule is Cc1cc(C)c(C(O)CCC2CCCCO2)c(F)c1. The summed E-state index contributed by atoms with van der Waals surface area (Å²) >= 11 is 0. The topological polar surface area (TPSA) is 29.5 Å². The molecule has 0 aliphatic carbocycles. The molecule has 0 spiro atoms. The second-order valence-corrected chi connectivity index (χ2v) is 5.56. The van der Waals surface area contributed by atoms with E-state index in [-0.39, 0.29) is 11.9 Å². The lowest BCUT2D eigenvalue weighted by Gasteiger charge is -2.24. The van der Waals surface area contributed by atoms with Gasteiger partial charge >= 0.3 is 0 Å². The zero-order valence-corrected chi connectivity index (χ0v) is 11.8. The molecule has 1 aliphatic heterocycles. The first kappa shape index (κ1) is 14.5. The van der Waals surface area contributed by atoms with Crippen LogP contribution in [0.15, 0.2) is 12.1 Å². The van der Waals surface area contributed by atoms with Crippen LogP contribution in [-0.2, 0) is 4.74 Å². The molecule has 1 N–H and O–H groups in total. The number of aliphatic hydroxyl groups is 1. The number of rotatable bonds is 4. The summed E-state index contributed by atoms with van der Waals surface area (Å²) in [5.74, 6) is -0.297. The first-order chi connectivity index (χ1) is 9.08. The Morgan fingerprint density at radius 3 is 2.79 bits per heavy atom. The number of aliphatic hydroxyl groups excluding tert-OH is 1. The summed E-state index contributed by atoms with van der Waals surface area (Å²) in [5, 5.41) is 10.2. The minimum atomic E-state index is -0.730. The number of aryl methyl sites for hydroxylation is 2. The van der Waals surface area contributed by atoms with E-state index < -0.39 is 6.10 Å². The summed E-state index contributed by atoms with van der Waals surface area (Å²) in [6, 6.07) is 3.40. The van der Waals surface area contributed by atoms with E-state index in [2.05, 4.69) is 0 Å². The Kier molecular flexibility index (Phi) is 4.94. The minimum absolute atomic E-state index is 0.234. The van der Waals surface area contributed by atoms with E-state index in [9.17, 15) is 9.50 Å². The van der Waals surface area contributed by atoms with E-state index in [0.29, 0.717) is 12.0 Å². The van der Waals surface area contributed by atoms with Crippen LogP contribution in [0.5, 0.6) is 0 Å². The third kappa shape index (κ3) is 3.77. The predicted octanol–water partition coefficient (Wildman–Crippen LogP) is 3.83. The van der Waals surface area contributed by atoms with Gasteiger partial charge in [-0.2, -0.15) is 0 Å². The van der Waals surface area contributed by atoms with Crippen molar-refractivity contribution in [3.8, 4) is 0 Å². The molecule has 0 aromatic heterocycles. The molecule has 2 atom stereocenters. The summed E-state index contributed by atoms with van der Waals surface area (Å²) in [5.41, 5.74) is 2.16. The molecule has 1 aromatic carbocycles. The van der Waals surface area contributed by atoms with Crippen LogP contribution < -0.4 is 0 Å². The van der Waals surface area contributed by atoms with Crippen LogP contribution in [0.1, 0.15) is 54.9 Å². The molecule has 1 aliphatic rings. The number of hydrogen-bond acceptors (Lipinski definition) is 2. The highest BCUT2D eigenvalue weighted by Crippen LogP contribution is 2.28. The highest BCUT2D eigenvalue weighted by molar-refractivity contribution is 5.33. The molecular weight excluding hydrogens is 243 g/mol. The van der Waals surface area contributed by atoms with Crippen LogP contribution in [0.2, 0.25) is 0 Å². The van der Waals surface area contributed by atoms with Crippen LogP contribution >= 0.6 is 0 Å². The normalized spacial score (nSPS) is 21.4. The molecule has 1 fully saturated rings. The van der Waals surface area contributed by atoms with E-state index >= 15 is 0 Å². The molecule has 1 aromatic rings. The van der Waals surface area contributed by atoms with Crippen LogP contribution in [0.25, 0.3) is 0 Å². The van der Waals surface area contributed by atoms with E-state index in [1.54, 1.807) is 0 Å².